The van der Waals surface area contributed by atoms with Crippen molar-refractivity contribution in [3.63, 3.8) is 0 Å². The van der Waals surface area contributed by atoms with Gasteiger partial charge in [0.05, 0.1) is 41.0 Å². The highest BCUT2D eigenvalue weighted by molar-refractivity contribution is 9.10. The van der Waals surface area contributed by atoms with Crippen LogP contribution in [-0.4, -0.2) is 35.8 Å². The SMILES string of the molecule is CCOc1cc(C#N)cc(Br)c1OC(=O)CCN1C(=O)C2CCCCC2C1=O. The molecule has 2 atom stereocenters. The fourth-order valence-electron chi connectivity index (χ4n) is 3.81. The van der Waals surface area contributed by atoms with E-state index in [-0.39, 0.29) is 48.1 Å². The van der Waals surface area contributed by atoms with E-state index in [4.69, 9.17) is 14.7 Å². The molecule has 0 bridgehead atoms. The lowest BCUT2D eigenvalue weighted by Crippen LogP contribution is -2.33. The number of benzene rings is 1. The van der Waals surface area contributed by atoms with E-state index < -0.39 is 5.97 Å². The fraction of sp³-hybridized carbons (Fsp3) is 0.500. The summed E-state index contributed by atoms with van der Waals surface area (Å²) in [5, 5.41) is 9.07. The van der Waals surface area contributed by atoms with E-state index in [0.29, 0.717) is 16.6 Å². The van der Waals surface area contributed by atoms with Crippen LogP contribution in [0.1, 0.15) is 44.6 Å². The molecule has 2 unspecified atom stereocenters. The number of halogens is 1. The lowest BCUT2D eigenvalue weighted by Gasteiger charge is -2.19. The molecule has 2 fully saturated rings. The minimum absolute atomic E-state index is 0.0152. The first-order valence-electron chi connectivity index (χ1n) is 9.38. The number of fused-ring (bicyclic) bond motifs is 1. The zero-order chi connectivity index (χ0) is 20.3. The summed E-state index contributed by atoms with van der Waals surface area (Å²) in [7, 11) is 0. The first kappa shape index (κ1) is 20.3. The molecule has 1 aromatic carbocycles. The first-order chi connectivity index (χ1) is 13.5. The van der Waals surface area contributed by atoms with Crippen molar-refractivity contribution in [2.45, 2.75) is 39.0 Å². The Hall–Kier alpha value is -2.40. The number of imide groups is 1. The van der Waals surface area contributed by atoms with Gasteiger partial charge in [-0.2, -0.15) is 5.26 Å². The van der Waals surface area contributed by atoms with Crippen LogP contribution in [0.5, 0.6) is 11.5 Å². The highest BCUT2D eigenvalue weighted by Crippen LogP contribution is 2.39. The zero-order valence-electron chi connectivity index (χ0n) is 15.6. The second-order valence-corrected chi connectivity index (χ2v) is 7.73. The molecule has 1 aromatic rings. The largest absolute Gasteiger partial charge is 0.490 e. The second kappa shape index (κ2) is 8.74. The molecule has 2 aliphatic rings. The summed E-state index contributed by atoms with van der Waals surface area (Å²) in [6, 6.07) is 5.04. The molecule has 1 aliphatic heterocycles. The summed E-state index contributed by atoms with van der Waals surface area (Å²) >= 11 is 3.29. The Morgan fingerprint density at radius 3 is 2.46 bits per heavy atom. The maximum absolute atomic E-state index is 12.5. The van der Waals surface area contributed by atoms with Crippen molar-refractivity contribution in [2.24, 2.45) is 11.8 Å². The standard InChI is InChI=1S/C20H21BrN2O5/c1-2-27-16-10-12(11-22)9-15(21)18(16)28-17(24)7-8-23-19(25)13-5-3-4-6-14(13)20(23)26/h9-10,13-14H,2-8H2,1H3. The summed E-state index contributed by atoms with van der Waals surface area (Å²) in [5.74, 6) is -0.917. The average Bonchev–Trinajstić information content (AvgIpc) is 2.93. The van der Waals surface area contributed by atoms with Crippen LogP contribution in [-0.2, 0) is 14.4 Å². The third-order valence-corrected chi connectivity index (χ3v) is 5.72. The van der Waals surface area contributed by atoms with Gasteiger partial charge < -0.3 is 9.47 Å². The Balaban J connectivity index is 1.66. The molecule has 28 heavy (non-hydrogen) atoms. The van der Waals surface area contributed by atoms with Gasteiger partial charge in [-0.15, -0.1) is 0 Å². The van der Waals surface area contributed by atoms with Crippen LogP contribution in [0.2, 0.25) is 0 Å². The van der Waals surface area contributed by atoms with Crippen LogP contribution in [0.4, 0.5) is 0 Å². The summed E-state index contributed by atoms with van der Waals surface area (Å²) in [5.41, 5.74) is 0.367. The normalized spacial score (nSPS) is 21.2. The summed E-state index contributed by atoms with van der Waals surface area (Å²) < 4.78 is 11.3. The molecule has 148 valence electrons. The van der Waals surface area contributed by atoms with E-state index in [0.717, 1.165) is 25.7 Å². The molecule has 1 heterocycles. The number of carbonyl (C=O) groups excluding carboxylic acids is 3. The van der Waals surface area contributed by atoms with E-state index in [9.17, 15) is 14.4 Å². The predicted octanol–water partition coefficient (Wildman–Crippen LogP) is 3.19. The molecular weight excluding hydrogens is 428 g/mol. The third kappa shape index (κ3) is 4.04. The quantitative estimate of drug-likeness (QED) is 0.376. The molecule has 3 rings (SSSR count). The van der Waals surface area contributed by atoms with Gasteiger partial charge in [-0.25, -0.2) is 0 Å². The van der Waals surface area contributed by atoms with Crippen LogP contribution in [0.15, 0.2) is 16.6 Å². The molecular formula is C20H21BrN2O5. The Bertz CT molecular complexity index is 824. The van der Waals surface area contributed by atoms with Crippen LogP contribution >= 0.6 is 15.9 Å². The summed E-state index contributed by atoms with van der Waals surface area (Å²) in [6.07, 6.45) is 3.30. The molecule has 0 aromatic heterocycles. The monoisotopic (exact) mass is 448 g/mol. The summed E-state index contributed by atoms with van der Waals surface area (Å²) in [4.78, 5) is 38.5. The molecule has 1 saturated carbocycles. The fourth-order valence-corrected chi connectivity index (χ4v) is 4.34. The molecule has 1 saturated heterocycles. The van der Waals surface area contributed by atoms with E-state index in [2.05, 4.69) is 15.9 Å². The van der Waals surface area contributed by atoms with Crippen molar-refractivity contribution in [1.29, 1.82) is 5.26 Å². The van der Waals surface area contributed by atoms with Crippen molar-refractivity contribution < 1.29 is 23.9 Å². The minimum atomic E-state index is -0.582. The van der Waals surface area contributed by atoms with E-state index in [1.165, 1.54) is 17.0 Å². The molecule has 0 spiro atoms. The van der Waals surface area contributed by atoms with Gasteiger partial charge in [0.1, 0.15) is 0 Å². The van der Waals surface area contributed by atoms with E-state index >= 15 is 0 Å². The van der Waals surface area contributed by atoms with Gasteiger partial charge in [-0.05, 0) is 41.8 Å². The molecule has 8 heteroatoms. The number of nitrogens with zero attached hydrogens (tertiary/aromatic N) is 2. The topological polar surface area (TPSA) is 96.7 Å². The maximum Gasteiger partial charge on any atom is 0.313 e. The maximum atomic E-state index is 12.5. The van der Waals surface area contributed by atoms with Gasteiger partial charge in [0.15, 0.2) is 11.5 Å². The lowest BCUT2D eigenvalue weighted by atomic mass is 9.81. The summed E-state index contributed by atoms with van der Waals surface area (Å²) in [6.45, 7) is 2.13. The van der Waals surface area contributed by atoms with Gasteiger partial charge in [-0.3, -0.25) is 19.3 Å². The van der Waals surface area contributed by atoms with E-state index in [1.807, 2.05) is 6.07 Å². The number of ether oxygens (including phenoxy) is 2. The Labute approximate surface area is 171 Å². The minimum Gasteiger partial charge on any atom is -0.490 e. The number of nitriles is 1. The molecule has 1 aliphatic carbocycles. The van der Waals surface area contributed by atoms with Crippen LogP contribution in [0.25, 0.3) is 0 Å². The van der Waals surface area contributed by atoms with Gasteiger partial charge >= 0.3 is 5.97 Å². The lowest BCUT2D eigenvalue weighted by molar-refractivity contribution is -0.141. The van der Waals surface area contributed by atoms with Gasteiger partial charge in [0.25, 0.3) is 0 Å². The van der Waals surface area contributed by atoms with E-state index in [1.54, 1.807) is 6.92 Å². The third-order valence-electron chi connectivity index (χ3n) is 5.13. The van der Waals surface area contributed by atoms with Gasteiger partial charge in [-0.1, -0.05) is 12.8 Å². The van der Waals surface area contributed by atoms with Gasteiger partial charge in [0.2, 0.25) is 11.8 Å². The molecule has 0 radical (unpaired) electrons. The number of hydrogen-bond acceptors (Lipinski definition) is 6. The highest BCUT2D eigenvalue weighted by Gasteiger charge is 2.47. The highest BCUT2D eigenvalue weighted by atomic mass is 79.9. The Kier molecular flexibility index (Phi) is 6.35. The number of amides is 2. The number of carbonyl (C=O) groups is 3. The Morgan fingerprint density at radius 1 is 1.25 bits per heavy atom. The first-order valence-corrected chi connectivity index (χ1v) is 10.2. The molecule has 2 amide bonds. The zero-order valence-corrected chi connectivity index (χ0v) is 17.2. The smallest absolute Gasteiger partial charge is 0.313 e. The number of hydrogen-bond donors (Lipinski definition) is 0. The second-order valence-electron chi connectivity index (χ2n) is 6.88. The van der Waals surface area contributed by atoms with Crippen LogP contribution in [0, 0.1) is 23.2 Å². The van der Waals surface area contributed by atoms with Crippen LogP contribution in [0.3, 0.4) is 0 Å². The number of esters is 1. The average molecular weight is 449 g/mol. The Morgan fingerprint density at radius 2 is 1.89 bits per heavy atom. The molecule has 0 N–H and O–H groups in total. The van der Waals surface area contributed by atoms with Crippen molar-refractivity contribution >= 4 is 33.7 Å². The predicted molar refractivity (Wildman–Crippen MR) is 102 cm³/mol. The van der Waals surface area contributed by atoms with Crippen molar-refractivity contribution in [3.8, 4) is 17.6 Å². The molecule has 7 nitrogen and oxygen atoms in total. The van der Waals surface area contributed by atoms with Gasteiger partial charge in [0, 0.05) is 12.6 Å². The van der Waals surface area contributed by atoms with Crippen molar-refractivity contribution in [2.75, 3.05) is 13.2 Å². The number of rotatable bonds is 6. The van der Waals surface area contributed by atoms with Crippen LogP contribution < -0.4 is 9.47 Å². The van der Waals surface area contributed by atoms with Crippen molar-refractivity contribution in [1.82, 2.24) is 4.90 Å². The number of likely N-dealkylation sites (tertiary alicyclic amines) is 1. The van der Waals surface area contributed by atoms with Crippen molar-refractivity contribution in [3.05, 3.63) is 22.2 Å².